The molecule has 1 amide bonds. The fourth-order valence-corrected chi connectivity index (χ4v) is 3.51. The molecule has 0 aliphatic heterocycles. The Labute approximate surface area is 178 Å². The van der Waals surface area contributed by atoms with Gasteiger partial charge in [0.05, 0.1) is 38.2 Å². The number of fused-ring (bicyclic) bond motifs is 1. The van der Waals surface area contributed by atoms with Crippen molar-refractivity contribution in [2.45, 2.75) is 6.54 Å². The minimum absolute atomic E-state index is 0.221. The van der Waals surface area contributed by atoms with Gasteiger partial charge in [0.25, 0.3) is 5.91 Å². The molecule has 2 aromatic heterocycles. The Morgan fingerprint density at radius 2 is 1.94 bits per heavy atom. The number of aryl methyl sites for hydroxylation is 1. The van der Waals surface area contributed by atoms with Gasteiger partial charge in [0, 0.05) is 41.8 Å². The molecule has 2 aromatic carbocycles. The Hall–Kier alpha value is -4.07. The van der Waals surface area contributed by atoms with Crippen molar-refractivity contribution in [3.05, 3.63) is 82.4 Å². The molecule has 8 heteroatoms. The number of hydrogen-bond donors (Lipinski definition) is 1. The van der Waals surface area contributed by atoms with Crippen molar-refractivity contribution in [2.75, 3.05) is 19.1 Å². The van der Waals surface area contributed by atoms with E-state index < -0.39 is 0 Å². The molecule has 0 bridgehead atoms. The molecule has 1 N–H and O–H groups in total. The molecular weight excluding hydrogens is 396 g/mol. The van der Waals surface area contributed by atoms with Gasteiger partial charge < -0.3 is 19.4 Å². The highest BCUT2D eigenvalue weighted by Gasteiger charge is 2.23. The number of hydrogen-bond acceptors (Lipinski definition) is 5. The highest BCUT2D eigenvalue weighted by molar-refractivity contribution is 6.13. The number of aromatic nitrogens is 3. The highest BCUT2D eigenvalue weighted by Crippen LogP contribution is 2.29. The summed E-state index contributed by atoms with van der Waals surface area (Å²) >= 11 is 0. The van der Waals surface area contributed by atoms with Crippen molar-refractivity contribution in [2.24, 2.45) is 7.05 Å². The molecule has 0 aliphatic carbocycles. The fourth-order valence-electron chi connectivity index (χ4n) is 3.51. The first-order valence-corrected chi connectivity index (χ1v) is 9.63. The van der Waals surface area contributed by atoms with Crippen LogP contribution < -0.4 is 19.9 Å². The van der Waals surface area contributed by atoms with E-state index in [4.69, 9.17) is 9.47 Å². The Morgan fingerprint density at radius 3 is 2.65 bits per heavy atom. The molecule has 0 atom stereocenters. The number of H-pyrrole nitrogens is 1. The summed E-state index contributed by atoms with van der Waals surface area (Å²) in [6.45, 7) is 0.221. The van der Waals surface area contributed by atoms with Crippen LogP contribution in [0.25, 0.3) is 10.9 Å². The van der Waals surface area contributed by atoms with Crippen LogP contribution >= 0.6 is 0 Å². The van der Waals surface area contributed by atoms with Crippen LogP contribution in [0.4, 0.5) is 5.69 Å². The summed E-state index contributed by atoms with van der Waals surface area (Å²) in [5, 5.41) is 4.88. The third-order valence-electron chi connectivity index (χ3n) is 5.05. The molecule has 0 aliphatic rings. The van der Waals surface area contributed by atoms with Crippen LogP contribution in [0, 0.1) is 0 Å². The van der Waals surface area contributed by atoms with Crippen molar-refractivity contribution in [1.29, 1.82) is 0 Å². The molecule has 4 rings (SSSR count). The summed E-state index contributed by atoms with van der Waals surface area (Å²) in [4.78, 5) is 30.3. The van der Waals surface area contributed by atoms with Gasteiger partial charge in [-0.2, -0.15) is 5.10 Å². The standard InChI is InChI=1S/C23H22N4O4/c1-26-14-16(12-24-26)27(13-15-8-9-17(30-2)10-21(15)31-3)23(29)19-11-22(28)25-20-7-5-4-6-18(19)20/h4-12,14H,13H2,1-3H3,(H,25,28). The lowest BCUT2D eigenvalue weighted by molar-refractivity contribution is 0.0986. The average molecular weight is 418 g/mol. The third kappa shape index (κ3) is 4.00. The molecule has 0 fully saturated rings. The smallest absolute Gasteiger partial charge is 0.259 e. The van der Waals surface area contributed by atoms with Crippen molar-refractivity contribution < 1.29 is 14.3 Å². The number of para-hydroxylation sites is 1. The summed E-state index contributed by atoms with van der Waals surface area (Å²) in [5.41, 5.74) is 1.97. The SMILES string of the molecule is COc1ccc(CN(C(=O)c2cc(=O)[nH]c3ccccc23)c2cnn(C)c2)c(OC)c1. The van der Waals surface area contributed by atoms with E-state index in [0.29, 0.717) is 33.7 Å². The fraction of sp³-hybridized carbons (Fsp3) is 0.174. The van der Waals surface area contributed by atoms with Gasteiger partial charge in [-0.15, -0.1) is 0 Å². The van der Waals surface area contributed by atoms with Crippen molar-refractivity contribution in [3.63, 3.8) is 0 Å². The number of pyridine rings is 1. The van der Waals surface area contributed by atoms with E-state index >= 15 is 0 Å². The molecule has 4 aromatic rings. The van der Waals surface area contributed by atoms with Gasteiger partial charge in [-0.05, 0) is 18.2 Å². The second-order valence-corrected chi connectivity index (χ2v) is 7.03. The number of nitrogens with one attached hydrogen (secondary N) is 1. The topological polar surface area (TPSA) is 89.5 Å². The first kappa shape index (κ1) is 20.2. The van der Waals surface area contributed by atoms with E-state index in [2.05, 4.69) is 10.1 Å². The molecule has 0 radical (unpaired) electrons. The van der Waals surface area contributed by atoms with Crippen LogP contribution in [0.3, 0.4) is 0 Å². The molecule has 31 heavy (non-hydrogen) atoms. The average Bonchev–Trinajstić information content (AvgIpc) is 3.22. The number of ether oxygens (including phenoxy) is 2. The number of methoxy groups -OCH3 is 2. The Balaban J connectivity index is 1.82. The zero-order valence-corrected chi connectivity index (χ0v) is 17.5. The van der Waals surface area contributed by atoms with Gasteiger partial charge in [0.2, 0.25) is 5.56 Å². The molecule has 0 unspecified atom stereocenters. The van der Waals surface area contributed by atoms with Gasteiger partial charge in [-0.3, -0.25) is 14.3 Å². The highest BCUT2D eigenvalue weighted by atomic mass is 16.5. The number of carbonyl (C=O) groups excluding carboxylic acids is 1. The van der Waals surface area contributed by atoms with Crippen LogP contribution in [0.15, 0.2) is 65.7 Å². The lowest BCUT2D eigenvalue weighted by Crippen LogP contribution is -2.31. The predicted molar refractivity (Wildman–Crippen MR) is 118 cm³/mol. The monoisotopic (exact) mass is 418 g/mol. The van der Waals surface area contributed by atoms with Gasteiger partial charge in [0.1, 0.15) is 11.5 Å². The van der Waals surface area contributed by atoms with Gasteiger partial charge in [-0.25, -0.2) is 0 Å². The number of anilines is 1. The summed E-state index contributed by atoms with van der Waals surface area (Å²) in [6.07, 6.45) is 3.37. The van der Waals surface area contributed by atoms with E-state index in [1.807, 2.05) is 30.3 Å². The zero-order valence-electron chi connectivity index (χ0n) is 17.5. The van der Waals surface area contributed by atoms with Gasteiger partial charge in [0.15, 0.2) is 0 Å². The minimum atomic E-state index is -0.338. The molecule has 2 heterocycles. The number of benzene rings is 2. The molecule has 0 saturated heterocycles. The molecule has 158 valence electrons. The van der Waals surface area contributed by atoms with E-state index in [0.717, 1.165) is 5.56 Å². The molecule has 0 spiro atoms. The van der Waals surface area contributed by atoms with Crippen LogP contribution in [0.5, 0.6) is 11.5 Å². The molecule has 8 nitrogen and oxygen atoms in total. The molecule has 0 saturated carbocycles. The van der Waals surface area contributed by atoms with Crippen molar-refractivity contribution in [3.8, 4) is 11.5 Å². The summed E-state index contributed by atoms with van der Waals surface area (Å²) < 4.78 is 12.4. The summed E-state index contributed by atoms with van der Waals surface area (Å²) in [5.74, 6) is 0.936. The van der Waals surface area contributed by atoms with Crippen LogP contribution in [0.2, 0.25) is 0 Å². The largest absolute Gasteiger partial charge is 0.497 e. The number of carbonyl (C=O) groups is 1. The lowest BCUT2D eigenvalue weighted by Gasteiger charge is -2.23. The maximum Gasteiger partial charge on any atom is 0.259 e. The summed E-state index contributed by atoms with van der Waals surface area (Å²) in [7, 11) is 4.93. The van der Waals surface area contributed by atoms with Crippen LogP contribution in [-0.4, -0.2) is 34.9 Å². The maximum absolute atomic E-state index is 13.7. The third-order valence-corrected chi connectivity index (χ3v) is 5.05. The van der Waals surface area contributed by atoms with Gasteiger partial charge >= 0.3 is 0 Å². The lowest BCUT2D eigenvalue weighted by atomic mass is 10.1. The van der Waals surface area contributed by atoms with E-state index in [-0.39, 0.29) is 18.0 Å². The maximum atomic E-state index is 13.7. The van der Waals surface area contributed by atoms with Gasteiger partial charge in [-0.1, -0.05) is 18.2 Å². The van der Waals surface area contributed by atoms with E-state index in [9.17, 15) is 9.59 Å². The zero-order chi connectivity index (χ0) is 22.0. The second-order valence-electron chi connectivity index (χ2n) is 7.03. The van der Waals surface area contributed by atoms with E-state index in [1.54, 1.807) is 55.4 Å². The Morgan fingerprint density at radius 1 is 1.13 bits per heavy atom. The quantitative estimate of drug-likeness (QED) is 0.520. The number of nitrogens with zero attached hydrogens (tertiary/aromatic N) is 3. The predicted octanol–water partition coefficient (Wildman–Crippen LogP) is 3.13. The normalized spacial score (nSPS) is 10.8. The van der Waals surface area contributed by atoms with E-state index in [1.165, 1.54) is 6.07 Å². The number of aromatic amines is 1. The first-order chi connectivity index (χ1) is 15.0. The number of amides is 1. The molecular formula is C23H22N4O4. The van der Waals surface area contributed by atoms with Crippen LogP contribution in [0.1, 0.15) is 15.9 Å². The summed E-state index contributed by atoms with van der Waals surface area (Å²) in [6, 6.07) is 14.0. The Kier molecular flexibility index (Phi) is 5.44. The minimum Gasteiger partial charge on any atom is -0.497 e. The second kappa shape index (κ2) is 8.35. The Bertz CT molecular complexity index is 1310. The van der Waals surface area contributed by atoms with Crippen LogP contribution in [-0.2, 0) is 13.6 Å². The van der Waals surface area contributed by atoms with Crippen molar-refractivity contribution in [1.82, 2.24) is 14.8 Å². The first-order valence-electron chi connectivity index (χ1n) is 9.63. The van der Waals surface area contributed by atoms with Crippen molar-refractivity contribution >= 4 is 22.5 Å². The number of rotatable bonds is 6.